The molecule has 1 N–H and O–H groups in total. The number of aromatic nitrogens is 1. The second-order valence-electron chi connectivity index (χ2n) is 9.20. The summed E-state index contributed by atoms with van der Waals surface area (Å²) in [6.07, 6.45) is 0. The molecule has 0 fully saturated rings. The van der Waals surface area contributed by atoms with Gasteiger partial charge in [0.1, 0.15) is 0 Å². The minimum absolute atomic E-state index is 0.427. The Balaban J connectivity index is 1.54. The Morgan fingerprint density at radius 2 is 1.14 bits per heavy atom. The second-order valence-corrected chi connectivity index (χ2v) is 9.64. The molecule has 7 rings (SSSR count). The van der Waals surface area contributed by atoms with Crippen LogP contribution in [0.5, 0.6) is 0 Å². The molecule has 0 atom stereocenters. The predicted molar refractivity (Wildman–Crippen MR) is 146 cm³/mol. The zero-order chi connectivity index (χ0) is 23.4. The van der Waals surface area contributed by atoms with Crippen LogP contribution in [-0.4, -0.2) is 4.98 Å². The van der Waals surface area contributed by atoms with Crippen molar-refractivity contribution >= 4 is 22.5 Å². The first-order valence-corrected chi connectivity index (χ1v) is 12.3. The second kappa shape index (κ2) is 7.73. The van der Waals surface area contributed by atoms with Gasteiger partial charge in [0.15, 0.2) is 0 Å². The number of hydrogen-bond acceptors (Lipinski definition) is 0. The Morgan fingerprint density at radius 3 is 1.83 bits per heavy atom. The average Bonchev–Trinajstić information content (AvgIpc) is 3.47. The van der Waals surface area contributed by atoms with Gasteiger partial charge >= 0.3 is 0 Å². The van der Waals surface area contributed by atoms with Crippen molar-refractivity contribution in [3.05, 3.63) is 155 Å². The van der Waals surface area contributed by atoms with E-state index < -0.39 is 5.41 Å². The Kier molecular flexibility index (Phi) is 4.49. The van der Waals surface area contributed by atoms with E-state index in [1.807, 2.05) is 12.1 Å². The molecule has 1 aliphatic carbocycles. The van der Waals surface area contributed by atoms with Gasteiger partial charge in [-0.3, -0.25) is 0 Å². The van der Waals surface area contributed by atoms with Crippen molar-refractivity contribution < 1.29 is 0 Å². The molecule has 0 unspecified atom stereocenters. The molecule has 2 heteroatoms. The average molecular weight is 468 g/mol. The zero-order valence-electron chi connectivity index (χ0n) is 19.0. The van der Waals surface area contributed by atoms with Crippen LogP contribution >= 0.6 is 11.6 Å². The summed E-state index contributed by atoms with van der Waals surface area (Å²) >= 11 is 6.34. The van der Waals surface area contributed by atoms with Crippen molar-refractivity contribution in [3.8, 4) is 22.4 Å². The van der Waals surface area contributed by atoms with Gasteiger partial charge in [0.05, 0.1) is 5.41 Å². The molecule has 0 radical (unpaired) electrons. The maximum atomic E-state index is 6.34. The maximum absolute atomic E-state index is 6.34. The lowest BCUT2D eigenvalue weighted by atomic mass is 9.67. The SMILES string of the molecule is Clc1ccc(C2(c3ccc4cc(-c5ccccc5)[nH]c4c3)c3ccccc3-c3ccccc32)cc1. The van der Waals surface area contributed by atoms with Gasteiger partial charge in [-0.15, -0.1) is 0 Å². The van der Waals surface area contributed by atoms with Crippen LogP contribution in [-0.2, 0) is 5.41 Å². The number of hydrogen-bond donors (Lipinski definition) is 1. The fourth-order valence-corrected chi connectivity index (χ4v) is 5.98. The fourth-order valence-electron chi connectivity index (χ4n) is 5.86. The van der Waals surface area contributed by atoms with Crippen LogP contribution in [0.4, 0.5) is 0 Å². The highest BCUT2D eigenvalue weighted by atomic mass is 35.5. The highest BCUT2D eigenvalue weighted by Gasteiger charge is 2.45. The first kappa shape index (κ1) is 20.3. The van der Waals surface area contributed by atoms with Gasteiger partial charge < -0.3 is 4.98 Å². The molecule has 1 aliphatic rings. The summed E-state index contributed by atoms with van der Waals surface area (Å²) in [7, 11) is 0. The van der Waals surface area contributed by atoms with Crippen LogP contribution in [0, 0.1) is 0 Å². The molecule has 6 aromatic rings. The highest BCUT2D eigenvalue weighted by Crippen LogP contribution is 2.56. The van der Waals surface area contributed by atoms with Crippen molar-refractivity contribution in [2.75, 3.05) is 0 Å². The monoisotopic (exact) mass is 467 g/mol. The molecule has 35 heavy (non-hydrogen) atoms. The Morgan fingerprint density at radius 1 is 0.543 bits per heavy atom. The summed E-state index contributed by atoms with van der Waals surface area (Å²) in [5, 5.41) is 1.95. The molecule has 0 saturated carbocycles. The van der Waals surface area contributed by atoms with Gasteiger partial charge in [0.2, 0.25) is 0 Å². The molecule has 0 spiro atoms. The largest absolute Gasteiger partial charge is 0.355 e. The third-order valence-corrected chi connectivity index (χ3v) is 7.62. The first-order chi connectivity index (χ1) is 17.2. The number of nitrogens with one attached hydrogen (secondary N) is 1. The molecular weight excluding hydrogens is 446 g/mol. The van der Waals surface area contributed by atoms with E-state index in [1.54, 1.807) is 0 Å². The quantitative estimate of drug-likeness (QED) is 0.267. The van der Waals surface area contributed by atoms with Gasteiger partial charge in [-0.05, 0) is 63.2 Å². The van der Waals surface area contributed by atoms with Gasteiger partial charge in [-0.1, -0.05) is 115 Å². The Bertz CT molecular complexity index is 1650. The number of fused-ring (bicyclic) bond motifs is 4. The molecule has 0 bridgehead atoms. The van der Waals surface area contributed by atoms with E-state index in [4.69, 9.17) is 11.6 Å². The zero-order valence-corrected chi connectivity index (χ0v) is 19.8. The van der Waals surface area contributed by atoms with Crippen molar-refractivity contribution in [2.45, 2.75) is 5.41 Å². The summed E-state index contributed by atoms with van der Waals surface area (Å²) in [5.41, 5.74) is 10.7. The standard InChI is InChI=1S/C33H22ClN/c34-26-18-16-24(17-19-26)33(29-12-6-4-10-27(29)28-11-5-7-13-30(28)33)25-15-14-23-20-31(35-32(23)21-25)22-8-2-1-3-9-22/h1-21,35H. The smallest absolute Gasteiger partial charge is 0.0714 e. The van der Waals surface area contributed by atoms with Crippen molar-refractivity contribution in [2.24, 2.45) is 0 Å². The van der Waals surface area contributed by atoms with Gasteiger partial charge in [-0.25, -0.2) is 0 Å². The lowest BCUT2D eigenvalue weighted by Crippen LogP contribution is -2.28. The summed E-state index contributed by atoms with van der Waals surface area (Å²) in [6, 6.07) is 45.6. The molecule has 0 saturated heterocycles. The fraction of sp³-hybridized carbons (Fsp3) is 0.0303. The van der Waals surface area contributed by atoms with E-state index in [9.17, 15) is 0 Å². The van der Waals surface area contributed by atoms with Gasteiger partial charge in [0, 0.05) is 21.6 Å². The van der Waals surface area contributed by atoms with Crippen molar-refractivity contribution in [1.82, 2.24) is 4.98 Å². The van der Waals surface area contributed by atoms with Crippen LogP contribution in [0.25, 0.3) is 33.3 Å². The predicted octanol–water partition coefficient (Wildman–Crippen LogP) is 8.85. The molecule has 1 aromatic heterocycles. The minimum atomic E-state index is -0.427. The number of rotatable bonds is 3. The van der Waals surface area contributed by atoms with E-state index in [2.05, 4.69) is 120 Å². The van der Waals surface area contributed by atoms with Crippen LogP contribution in [0.2, 0.25) is 5.02 Å². The highest BCUT2D eigenvalue weighted by molar-refractivity contribution is 6.30. The topological polar surface area (TPSA) is 15.8 Å². The first-order valence-electron chi connectivity index (χ1n) is 11.9. The number of halogens is 1. The third kappa shape index (κ3) is 2.95. The number of benzene rings is 5. The van der Waals surface area contributed by atoms with Gasteiger partial charge in [0.25, 0.3) is 0 Å². The molecule has 5 aromatic carbocycles. The molecule has 1 heterocycles. The molecule has 166 valence electrons. The molecule has 1 nitrogen and oxygen atoms in total. The van der Waals surface area contributed by atoms with E-state index in [1.165, 1.54) is 44.3 Å². The molecule has 0 amide bonds. The Hall–Kier alpha value is -4.07. The van der Waals surface area contributed by atoms with Crippen LogP contribution in [0.1, 0.15) is 22.3 Å². The maximum Gasteiger partial charge on any atom is 0.0714 e. The summed E-state index contributed by atoms with van der Waals surface area (Å²) < 4.78 is 0. The lowest BCUT2D eigenvalue weighted by molar-refractivity contribution is 0.770. The normalized spacial score (nSPS) is 13.5. The van der Waals surface area contributed by atoms with Crippen LogP contribution in [0.15, 0.2) is 127 Å². The summed E-state index contributed by atoms with van der Waals surface area (Å²) in [6.45, 7) is 0. The molecule has 0 aliphatic heterocycles. The summed E-state index contributed by atoms with van der Waals surface area (Å²) in [5.74, 6) is 0. The van der Waals surface area contributed by atoms with E-state index in [0.29, 0.717) is 0 Å². The lowest BCUT2D eigenvalue weighted by Gasteiger charge is -2.34. The van der Waals surface area contributed by atoms with E-state index in [0.717, 1.165) is 16.2 Å². The van der Waals surface area contributed by atoms with Crippen molar-refractivity contribution in [3.63, 3.8) is 0 Å². The third-order valence-electron chi connectivity index (χ3n) is 7.37. The van der Waals surface area contributed by atoms with E-state index >= 15 is 0 Å². The van der Waals surface area contributed by atoms with Crippen molar-refractivity contribution in [1.29, 1.82) is 0 Å². The summed E-state index contributed by atoms with van der Waals surface area (Å²) in [4.78, 5) is 3.68. The van der Waals surface area contributed by atoms with E-state index in [-0.39, 0.29) is 0 Å². The number of H-pyrrole nitrogens is 1. The Labute approximate surface area is 209 Å². The number of aromatic amines is 1. The van der Waals surface area contributed by atoms with Gasteiger partial charge in [-0.2, -0.15) is 0 Å². The molecular formula is C33H22ClN. The van der Waals surface area contributed by atoms with Crippen LogP contribution < -0.4 is 0 Å². The van der Waals surface area contributed by atoms with Crippen LogP contribution in [0.3, 0.4) is 0 Å². The minimum Gasteiger partial charge on any atom is -0.355 e.